The number of carboxylic acid groups (broad SMARTS) is 1. The van der Waals surface area contributed by atoms with E-state index in [1.807, 2.05) is 51.1 Å². The predicted molar refractivity (Wildman–Crippen MR) is 82.8 cm³/mol. The van der Waals surface area contributed by atoms with Crippen LogP contribution in [0.3, 0.4) is 0 Å². The van der Waals surface area contributed by atoms with Crippen molar-refractivity contribution in [3.05, 3.63) is 35.9 Å². The Morgan fingerprint density at radius 1 is 1.10 bits per heavy atom. The molecular formula is C17H25NO3. The van der Waals surface area contributed by atoms with Crippen LogP contribution in [0, 0.1) is 11.8 Å². The summed E-state index contributed by atoms with van der Waals surface area (Å²) in [5.41, 5.74) is 1.05. The molecule has 1 amide bonds. The first-order chi connectivity index (χ1) is 9.88. The van der Waals surface area contributed by atoms with Gasteiger partial charge < -0.3 is 10.4 Å². The number of hydrogen-bond donors (Lipinski definition) is 2. The Hall–Kier alpha value is -1.84. The highest BCUT2D eigenvalue weighted by Crippen LogP contribution is 2.20. The van der Waals surface area contributed by atoms with Crippen molar-refractivity contribution in [2.45, 2.75) is 46.1 Å². The highest BCUT2D eigenvalue weighted by Gasteiger charge is 2.19. The molecule has 0 saturated carbocycles. The monoisotopic (exact) mass is 291 g/mol. The third-order valence-electron chi connectivity index (χ3n) is 3.42. The van der Waals surface area contributed by atoms with Gasteiger partial charge in [0.05, 0.1) is 6.04 Å². The molecule has 0 spiro atoms. The lowest BCUT2D eigenvalue weighted by molar-refractivity contribution is -0.138. The predicted octanol–water partition coefficient (Wildman–Crippen LogP) is 3.39. The Labute approximate surface area is 126 Å². The maximum Gasteiger partial charge on any atom is 0.303 e. The summed E-state index contributed by atoms with van der Waals surface area (Å²) in [5.74, 6) is -0.651. The molecule has 0 aromatic heterocycles. The Balaban J connectivity index is 2.55. The fourth-order valence-corrected chi connectivity index (χ4v) is 2.54. The van der Waals surface area contributed by atoms with Crippen LogP contribution in [-0.4, -0.2) is 17.0 Å². The van der Waals surface area contributed by atoms with E-state index in [9.17, 15) is 9.59 Å². The molecule has 116 valence electrons. The van der Waals surface area contributed by atoms with Gasteiger partial charge in [-0.2, -0.15) is 0 Å². The minimum absolute atomic E-state index is 0.0469. The average Bonchev–Trinajstić information content (AvgIpc) is 2.37. The lowest BCUT2D eigenvalue weighted by Crippen LogP contribution is -2.29. The van der Waals surface area contributed by atoms with Gasteiger partial charge in [0.1, 0.15) is 0 Å². The van der Waals surface area contributed by atoms with Gasteiger partial charge in [0.15, 0.2) is 0 Å². The summed E-state index contributed by atoms with van der Waals surface area (Å²) in [7, 11) is 0. The SMILES string of the molecule is CC(C)CC(CC(=O)O)CC(=O)NC(C)c1ccccc1. The van der Waals surface area contributed by atoms with Crippen molar-refractivity contribution in [1.82, 2.24) is 5.32 Å². The Bertz CT molecular complexity index is 456. The van der Waals surface area contributed by atoms with Crippen molar-refractivity contribution in [1.29, 1.82) is 0 Å². The highest BCUT2D eigenvalue weighted by atomic mass is 16.4. The lowest BCUT2D eigenvalue weighted by Gasteiger charge is -2.19. The molecule has 1 rings (SSSR count). The van der Waals surface area contributed by atoms with E-state index in [4.69, 9.17) is 5.11 Å². The van der Waals surface area contributed by atoms with E-state index in [0.717, 1.165) is 12.0 Å². The van der Waals surface area contributed by atoms with Gasteiger partial charge in [-0.3, -0.25) is 9.59 Å². The number of hydrogen-bond acceptors (Lipinski definition) is 2. The quantitative estimate of drug-likeness (QED) is 0.771. The minimum Gasteiger partial charge on any atom is -0.481 e. The third-order valence-corrected chi connectivity index (χ3v) is 3.42. The van der Waals surface area contributed by atoms with Gasteiger partial charge in [-0.15, -0.1) is 0 Å². The van der Waals surface area contributed by atoms with E-state index < -0.39 is 5.97 Å². The standard InChI is InChI=1S/C17H25NO3/c1-12(2)9-14(11-17(20)21)10-16(19)18-13(3)15-7-5-4-6-8-15/h4-8,12-14H,9-11H2,1-3H3,(H,18,19)(H,20,21). The normalized spacial score (nSPS) is 13.7. The number of nitrogens with one attached hydrogen (secondary N) is 1. The molecule has 0 fully saturated rings. The summed E-state index contributed by atoms with van der Waals surface area (Å²) < 4.78 is 0. The first-order valence-electron chi connectivity index (χ1n) is 7.44. The van der Waals surface area contributed by atoms with E-state index in [2.05, 4.69) is 5.32 Å². The second kappa shape index (κ2) is 8.45. The molecule has 0 heterocycles. The maximum absolute atomic E-state index is 12.1. The van der Waals surface area contributed by atoms with Crippen molar-refractivity contribution in [3.63, 3.8) is 0 Å². The molecule has 0 aliphatic heterocycles. The van der Waals surface area contributed by atoms with Gasteiger partial charge in [-0.05, 0) is 30.7 Å². The van der Waals surface area contributed by atoms with Crippen molar-refractivity contribution in [2.24, 2.45) is 11.8 Å². The van der Waals surface area contributed by atoms with Crippen molar-refractivity contribution in [2.75, 3.05) is 0 Å². The Morgan fingerprint density at radius 2 is 1.71 bits per heavy atom. The first-order valence-corrected chi connectivity index (χ1v) is 7.44. The largest absolute Gasteiger partial charge is 0.481 e. The number of amides is 1. The molecular weight excluding hydrogens is 266 g/mol. The number of carboxylic acids is 1. The third kappa shape index (κ3) is 6.93. The van der Waals surface area contributed by atoms with Crippen LogP contribution in [-0.2, 0) is 9.59 Å². The van der Waals surface area contributed by atoms with Gasteiger partial charge in [-0.25, -0.2) is 0 Å². The van der Waals surface area contributed by atoms with E-state index >= 15 is 0 Å². The zero-order valence-electron chi connectivity index (χ0n) is 13.0. The summed E-state index contributed by atoms with van der Waals surface area (Å²) in [4.78, 5) is 23.0. The van der Waals surface area contributed by atoms with Crippen LogP contribution in [0.25, 0.3) is 0 Å². The summed E-state index contributed by atoms with van der Waals surface area (Å²) in [6.07, 6.45) is 1.06. The summed E-state index contributed by atoms with van der Waals surface area (Å²) in [6, 6.07) is 9.67. The van der Waals surface area contributed by atoms with Crippen LogP contribution in [0.5, 0.6) is 0 Å². The average molecular weight is 291 g/mol. The molecule has 21 heavy (non-hydrogen) atoms. The fraction of sp³-hybridized carbons (Fsp3) is 0.529. The van der Waals surface area contributed by atoms with E-state index in [0.29, 0.717) is 5.92 Å². The van der Waals surface area contributed by atoms with Crippen LogP contribution in [0.4, 0.5) is 0 Å². The second-order valence-corrected chi connectivity index (χ2v) is 6.00. The van der Waals surface area contributed by atoms with Gasteiger partial charge in [0, 0.05) is 12.8 Å². The number of carbonyl (C=O) groups excluding carboxylic acids is 1. The molecule has 4 heteroatoms. The second-order valence-electron chi connectivity index (χ2n) is 6.00. The van der Waals surface area contributed by atoms with Crippen molar-refractivity contribution in [3.8, 4) is 0 Å². The van der Waals surface area contributed by atoms with Crippen LogP contribution in [0.2, 0.25) is 0 Å². The summed E-state index contributed by atoms with van der Waals surface area (Å²) in [6.45, 7) is 6.01. The van der Waals surface area contributed by atoms with Crippen LogP contribution < -0.4 is 5.32 Å². The molecule has 4 nitrogen and oxygen atoms in total. The summed E-state index contributed by atoms with van der Waals surface area (Å²) in [5, 5.41) is 11.9. The van der Waals surface area contributed by atoms with Crippen LogP contribution in [0.1, 0.15) is 51.6 Å². The number of carbonyl (C=O) groups is 2. The smallest absolute Gasteiger partial charge is 0.303 e. The Kier molecular flexibility index (Phi) is 6.92. The molecule has 1 aromatic carbocycles. The topological polar surface area (TPSA) is 66.4 Å². The maximum atomic E-state index is 12.1. The first kappa shape index (κ1) is 17.2. The Morgan fingerprint density at radius 3 is 2.24 bits per heavy atom. The fourth-order valence-electron chi connectivity index (χ4n) is 2.54. The van der Waals surface area contributed by atoms with Gasteiger partial charge in [-0.1, -0.05) is 44.2 Å². The highest BCUT2D eigenvalue weighted by molar-refractivity contribution is 5.77. The molecule has 0 bridgehead atoms. The molecule has 0 radical (unpaired) electrons. The summed E-state index contributed by atoms with van der Waals surface area (Å²) >= 11 is 0. The molecule has 2 N–H and O–H groups in total. The molecule has 0 aliphatic rings. The molecule has 0 aliphatic carbocycles. The van der Waals surface area contributed by atoms with Gasteiger partial charge in [0.25, 0.3) is 0 Å². The zero-order chi connectivity index (χ0) is 15.8. The molecule has 2 atom stereocenters. The molecule has 2 unspecified atom stereocenters. The minimum atomic E-state index is -0.843. The van der Waals surface area contributed by atoms with Crippen LogP contribution >= 0.6 is 0 Å². The van der Waals surface area contributed by atoms with Crippen molar-refractivity contribution < 1.29 is 14.7 Å². The molecule has 0 saturated heterocycles. The molecule has 1 aromatic rings. The van der Waals surface area contributed by atoms with E-state index in [-0.39, 0.29) is 30.7 Å². The number of rotatable bonds is 8. The van der Waals surface area contributed by atoms with Crippen LogP contribution in [0.15, 0.2) is 30.3 Å². The lowest BCUT2D eigenvalue weighted by atomic mass is 9.91. The van der Waals surface area contributed by atoms with Gasteiger partial charge >= 0.3 is 5.97 Å². The van der Waals surface area contributed by atoms with E-state index in [1.165, 1.54) is 0 Å². The number of aliphatic carboxylic acids is 1. The zero-order valence-corrected chi connectivity index (χ0v) is 13.0. The number of benzene rings is 1. The van der Waals surface area contributed by atoms with Crippen molar-refractivity contribution >= 4 is 11.9 Å². The van der Waals surface area contributed by atoms with Gasteiger partial charge in [0.2, 0.25) is 5.91 Å². The van der Waals surface area contributed by atoms with E-state index in [1.54, 1.807) is 0 Å².